The second kappa shape index (κ2) is 8.41. The van der Waals surface area contributed by atoms with E-state index in [0.717, 1.165) is 23.3 Å². The molecule has 8 heteroatoms. The average molecular weight is 387 g/mol. The van der Waals surface area contributed by atoms with Crippen molar-refractivity contribution in [2.24, 2.45) is 0 Å². The highest BCUT2D eigenvalue weighted by Gasteiger charge is 2.52. The van der Waals surface area contributed by atoms with Crippen LogP contribution in [0.4, 0.5) is 4.79 Å². The summed E-state index contributed by atoms with van der Waals surface area (Å²) in [6, 6.07) is 8.51. The number of rotatable bonds is 8. The van der Waals surface area contributed by atoms with Gasteiger partial charge in [-0.2, -0.15) is 0 Å². The molecule has 0 bridgehead atoms. The first-order chi connectivity index (χ1) is 13.4. The molecule has 2 aliphatic rings. The van der Waals surface area contributed by atoms with Gasteiger partial charge in [0, 0.05) is 12.5 Å². The lowest BCUT2D eigenvalue weighted by molar-refractivity contribution is -0.137. The zero-order chi connectivity index (χ0) is 20.1. The summed E-state index contributed by atoms with van der Waals surface area (Å²) in [6.07, 6.45) is 3.62. The number of hydrogen-bond acceptors (Lipinski definition) is 4. The van der Waals surface area contributed by atoms with Crippen LogP contribution in [0.5, 0.6) is 0 Å². The van der Waals surface area contributed by atoms with Crippen LogP contribution in [0.15, 0.2) is 30.3 Å². The summed E-state index contributed by atoms with van der Waals surface area (Å²) in [7, 11) is 0. The largest absolute Gasteiger partial charge is 0.481 e. The van der Waals surface area contributed by atoms with E-state index >= 15 is 0 Å². The van der Waals surface area contributed by atoms with E-state index in [1.165, 1.54) is 0 Å². The topological polar surface area (TPSA) is 116 Å². The third-order valence-electron chi connectivity index (χ3n) is 5.40. The van der Waals surface area contributed by atoms with Gasteiger partial charge in [0.05, 0.1) is 0 Å². The highest BCUT2D eigenvalue weighted by atomic mass is 16.4. The van der Waals surface area contributed by atoms with E-state index < -0.39 is 29.5 Å². The molecule has 3 rings (SSSR count). The van der Waals surface area contributed by atoms with Crippen molar-refractivity contribution in [1.29, 1.82) is 0 Å². The summed E-state index contributed by atoms with van der Waals surface area (Å²) in [5.74, 6) is -1.75. The number of carboxylic acid groups (broad SMARTS) is 1. The first-order valence-electron chi connectivity index (χ1n) is 9.59. The van der Waals surface area contributed by atoms with Crippen LogP contribution in [-0.2, 0) is 20.8 Å². The van der Waals surface area contributed by atoms with Crippen LogP contribution in [0, 0.1) is 0 Å². The number of carbonyl (C=O) groups is 4. The molecule has 1 aliphatic heterocycles. The Morgan fingerprint density at radius 2 is 1.86 bits per heavy atom. The number of imide groups is 1. The maximum Gasteiger partial charge on any atom is 0.325 e. The fraction of sp³-hybridized carbons (Fsp3) is 0.500. The Morgan fingerprint density at radius 1 is 1.18 bits per heavy atom. The molecule has 28 heavy (non-hydrogen) atoms. The van der Waals surface area contributed by atoms with E-state index in [0.29, 0.717) is 19.3 Å². The van der Waals surface area contributed by atoms with Crippen molar-refractivity contribution < 1.29 is 24.3 Å². The lowest BCUT2D eigenvalue weighted by Gasteiger charge is -2.21. The van der Waals surface area contributed by atoms with Crippen molar-refractivity contribution >= 4 is 23.8 Å². The van der Waals surface area contributed by atoms with E-state index in [2.05, 4.69) is 10.6 Å². The summed E-state index contributed by atoms with van der Waals surface area (Å²) < 4.78 is 0. The molecule has 1 aromatic rings. The normalized spacial score (nSPS) is 18.9. The Hall–Kier alpha value is -2.90. The lowest BCUT2D eigenvalue weighted by Crippen LogP contribution is -2.47. The zero-order valence-electron chi connectivity index (χ0n) is 15.6. The van der Waals surface area contributed by atoms with Crippen LogP contribution < -0.4 is 10.6 Å². The molecule has 4 amide bonds. The maximum atomic E-state index is 12.7. The van der Waals surface area contributed by atoms with Crippen LogP contribution in [0.3, 0.4) is 0 Å². The van der Waals surface area contributed by atoms with Gasteiger partial charge in [0.15, 0.2) is 0 Å². The first kappa shape index (κ1) is 19.9. The Morgan fingerprint density at radius 3 is 2.50 bits per heavy atom. The Bertz CT molecular complexity index is 758. The lowest BCUT2D eigenvalue weighted by atomic mass is 9.98. The van der Waals surface area contributed by atoms with Gasteiger partial charge in [0.2, 0.25) is 5.91 Å². The zero-order valence-corrected chi connectivity index (χ0v) is 15.6. The molecule has 0 aromatic heterocycles. The van der Waals surface area contributed by atoms with Crippen LogP contribution >= 0.6 is 0 Å². The first-order valence-corrected chi connectivity index (χ1v) is 9.59. The van der Waals surface area contributed by atoms with E-state index in [4.69, 9.17) is 5.11 Å². The molecule has 1 atom stereocenters. The number of hydrogen-bond donors (Lipinski definition) is 3. The summed E-state index contributed by atoms with van der Waals surface area (Å²) in [5, 5.41) is 14.5. The van der Waals surface area contributed by atoms with Gasteiger partial charge in [-0.3, -0.25) is 19.3 Å². The minimum Gasteiger partial charge on any atom is -0.481 e. The molecule has 1 unspecified atom stereocenters. The smallest absolute Gasteiger partial charge is 0.325 e. The number of nitrogens with zero attached hydrogens (tertiary/aromatic N) is 1. The minimum atomic E-state index is -0.940. The van der Waals surface area contributed by atoms with Gasteiger partial charge in [0.25, 0.3) is 5.91 Å². The van der Waals surface area contributed by atoms with Gasteiger partial charge < -0.3 is 15.7 Å². The standard InChI is InChI=1S/C20H25N3O5/c24-16(13-23-18(27)20(22-19(23)28)10-4-5-11-20)21-15(8-9-17(25)26)12-14-6-2-1-3-7-14/h1-3,6-7,15H,4-5,8-13H2,(H,21,24)(H,22,28)(H,25,26). The van der Waals surface area contributed by atoms with Crippen molar-refractivity contribution in [2.75, 3.05) is 6.54 Å². The van der Waals surface area contributed by atoms with E-state index in [9.17, 15) is 19.2 Å². The third-order valence-corrected chi connectivity index (χ3v) is 5.40. The van der Waals surface area contributed by atoms with Crippen molar-refractivity contribution in [2.45, 2.75) is 56.5 Å². The molecule has 150 valence electrons. The summed E-state index contributed by atoms with van der Waals surface area (Å²) >= 11 is 0. The summed E-state index contributed by atoms with van der Waals surface area (Å²) in [5.41, 5.74) is 0.127. The van der Waals surface area contributed by atoms with Gasteiger partial charge in [-0.1, -0.05) is 43.2 Å². The molecular weight excluding hydrogens is 362 g/mol. The molecule has 1 spiro atoms. The predicted molar refractivity (Wildman–Crippen MR) is 100 cm³/mol. The van der Waals surface area contributed by atoms with Crippen molar-refractivity contribution in [3.63, 3.8) is 0 Å². The molecule has 1 heterocycles. The van der Waals surface area contributed by atoms with E-state index in [1.807, 2.05) is 30.3 Å². The Labute approximate surface area is 163 Å². The van der Waals surface area contributed by atoms with E-state index in [1.54, 1.807) is 0 Å². The Balaban J connectivity index is 1.62. The van der Waals surface area contributed by atoms with Gasteiger partial charge in [0.1, 0.15) is 12.1 Å². The van der Waals surface area contributed by atoms with Gasteiger partial charge >= 0.3 is 12.0 Å². The molecular formula is C20H25N3O5. The second-order valence-corrected chi connectivity index (χ2v) is 7.50. The number of amides is 4. The fourth-order valence-electron chi connectivity index (χ4n) is 3.98. The SMILES string of the molecule is O=C(O)CCC(Cc1ccccc1)NC(=O)CN1C(=O)NC2(CCCC2)C1=O. The van der Waals surface area contributed by atoms with Gasteiger partial charge in [-0.15, -0.1) is 0 Å². The number of carbonyl (C=O) groups excluding carboxylic acids is 3. The van der Waals surface area contributed by atoms with Gasteiger partial charge in [-0.05, 0) is 31.2 Å². The number of aliphatic carboxylic acids is 1. The number of carboxylic acids is 1. The van der Waals surface area contributed by atoms with Gasteiger partial charge in [-0.25, -0.2) is 4.79 Å². The monoisotopic (exact) mass is 387 g/mol. The Kier molecular flexibility index (Phi) is 5.96. The minimum absolute atomic E-state index is 0.0793. The van der Waals surface area contributed by atoms with Crippen LogP contribution in [0.25, 0.3) is 0 Å². The molecule has 3 N–H and O–H groups in total. The summed E-state index contributed by atoms with van der Waals surface area (Å²) in [6.45, 7) is -0.356. The number of urea groups is 1. The molecule has 1 saturated carbocycles. The van der Waals surface area contributed by atoms with Crippen LogP contribution in [0.1, 0.15) is 44.1 Å². The van der Waals surface area contributed by atoms with Crippen molar-refractivity contribution in [3.05, 3.63) is 35.9 Å². The molecule has 8 nitrogen and oxygen atoms in total. The van der Waals surface area contributed by atoms with E-state index in [-0.39, 0.29) is 25.3 Å². The maximum absolute atomic E-state index is 12.7. The number of nitrogens with one attached hydrogen (secondary N) is 2. The quantitative estimate of drug-likeness (QED) is 0.584. The molecule has 0 radical (unpaired) electrons. The number of benzene rings is 1. The highest BCUT2D eigenvalue weighted by Crippen LogP contribution is 2.34. The molecule has 2 fully saturated rings. The third kappa shape index (κ3) is 4.49. The van der Waals surface area contributed by atoms with Crippen molar-refractivity contribution in [3.8, 4) is 0 Å². The predicted octanol–water partition coefficient (Wildman–Crippen LogP) is 1.44. The van der Waals surface area contributed by atoms with Crippen molar-refractivity contribution in [1.82, 2.24) is 15.5 Å². The average Bonchev–Trinajstić information content (AvgIpc) is 3.21. The summed E-state index contributed by atoms with van der Waals surface area (Å²) in [4.78, 5) is 49.3. The second-order valence-electron chi connectivity index (χ2n) is 7.50. The fourth-order valence-corrected chi connectivity index (χ4v) is 3.98. The molecule has 1 saturated heterocycles. The van der Waals surface area contributed by atoms with Crippen LogP contribution in [0.2, 0.25) is 0 Å². The van der Waals surface area contributed by atoms with Crippen LogP contribution in [-0.4, -0.2) is 51.9 Å². The highest BCUT2D eigenvalue weighted by molar-refractivity contribution is 6.09. The molecule has 1 aromatic carbocycles. The molecule has 1 aliphatic carbocycles.